The quantitative estimate of drug-likeness (QED) is 0.840. The molecule has 7 heteroatoms. The van der Waals surface area contributed by atoms with E-state index in [4.69, 9.17) is 4.42 Å². The van der Waals surface area contributed by atoms with Gasteiger partial charge in [0.15, 0.2) is 5.76 Å². The molecule has 2 aliphatic rings. The second kappa shape index (κ2) is 7.77. The Bertz CT molecular complexity index is 931. The van der Waals surface area contributed by atoms with Crippen molar-refractivity contribution in [2.45, 2.75) is 32.4 Å². The fraction of sp³-hybridized carbons (Fsp3) is 0.429. The maximum atomic E-state index is 12.7. The monoisotopic (exact) mass is 383 g/mol. The number of amides is 1. The van der Waals surface area contributed by atoms with Crippen molar-refractivity contribution in [1.29, 1.82) is 0 Å². The molecule has 2 N–H and O–H groups in total. The van der Waals surface area contributed by atoms with Crippen LogP contribution in [0.5, 0.6) is 5.75 Å². The van der Waals surface area contributed by atoms with Crippen molar-refractivity contribution in [3.8, 4) is 5.75 Å². The molecular weight excluding hydrogens is 358 g/mol. The molecule has 28 heavy (non-hydrogen) atoms. The molecule has 1 atom stereocenters. The molecule has 0 spiro atoms. The van der Waals surface area contributed by atoms with E-state index in [-0.39, 0.29) is 17.7 Å². The number of piperazine rings is 1. The van der Waals surface area contributed by atoms with Gasteiger partial charge >= 0.3 is 0 Å². The van der Waals surface area contributed by atoms with Crippen molar-refractivity contribution in [3.05, 3.63) is 57.6 Å². The number of para-hydroxylation sites is 1. The van der Waals surface area contributed by atoms with Crippen LogP contribution < -0.4 is 10.7 Å². The average molecular weight is 383 g/mol. The molecule has 3 heterocycles. The van der Waals surface area contributed by atoms with Crippen LogP contribution in [-0.4, -0.2) is 53.0 Å². The molecule has 1 saturated heterocycles. The lowest BCUT2D eigenvalue weighted by molar-refractivity contribution is -0.122. The fourth-order valence-electron chi connectivity index (χ4n) is 4.05. The van der Waals surface area contributed by atoms with Gasteiger partial charge in [-0.15, -0.1) is 0 Å². The molecule has 0 aliphatic carbocycles. The van der Waals surface area contributed by atoms with E-state index in [0.29, 0.717) is 18.1 Å². The summed E-state index contributed by atoms with van der Waals surface area (Å²) in [7, 11) is 0. The van der Waals surface area contributed by atoms with Gasteiger partial charge in [-0.3, -0.25) is 19.4 Å². The van der Waals surface area contributed by atoms with E-state index in [1.54, 1.807) is 6.92 Å². The predicted octanol–water partition coefficient (Wildman–Crippen LogP) is 1.72. The van der Waals surface area contributed by atoms with Crippen molar-refractivity contribution in [2.75, 3.05) is 31.5 Å². The molecular formula is C21H25N3O4. The molecule has 4 rings (SSSR count). The first-order chi connectivity index (χ1) is 13.5. The lowest BCUT2D eigenvalue weighted by Crippen LogP contribution is -2.53. The van der Waals surface area contributed by atoms with Crippen LogP contribution in [0.2, 0.25) is 0 Å². The van der Waals surface area contributed by atoms with Gasteiger partial charge in [0, 0.05) is 37.9 Å². The van der Waals surface area contributed by atoms with Crippen molar-refractivity contribution in [3.63, 3.8) is 0 Å². The Balaban J connectivity index is 1.38. The largest absolute Gasteiger partial charge is 0.502 e. The van der Waals surface area contributed by atoms with Gasteiger partial charge in [-0.05, 0) is 31.4 Å². The second-order valence-electron chi connectivity index (χ2n) is 7.51. The summed E-state index contributed by atoms with van der Waals surface area (Å²) in [5, 5.41) is 13.0. The molecule has 0 bridgehead atoms. The molecule has 1 aromatic heterocycles. The fourth-order valence-corrected chi connectivity index (χ4v) is 4.05. The lowest BCUT2D eigenvalue weighted by Gasteiger charge is -2.38. The summed E-state index contributed by atoms with van der Waals surface area (Å²) in [6, 6.07) is 9.12. The minimum absolute atomic E-state index is 0.0562. The van der Waals surface area contributed by atoms with Crippen LogP contribution >= 0.6 is 0 Å². The number of anilines is 1. The van der Waals surface area contributed by atoms with Crippen LogP contribution in [-0.2, 0) is 17.8 Å². The van der Waals surface area contributed by atoms with E-state index >= 15 is 0 Å². The third kappa shape index (κ3) is 3.81. The number of hydrogen-bond donors (Lipinski definition) is 2. The third-order valence-electron chi connectivity index (χ3n) is 5.60. The highest BCUT2D eigenvalue weighted by Gasteiger charge is 2.31. The van der Waals surface area contributed by atoms with Crippen LogP contribution in [0.3, 0.4) is 0 Å². The smallest absolute Gasteiger partial charge is 0.241 e. The van der Waals surface area contributed by atoms with Crippen molar-refractivity contribution < 1.29 is 14.3 Å². The normalized spacial score (nSPS) is 21.0. The number of hydrogen-bond acceptors (Lipinski definition) is 6. The first-order valence-electron chi connectivity index (χ1n) is 9.69. The summed E-state index contributed by atoms with van der Waals surface area (Å²) in [4.78, 5) is 28.8. The van der Waals surface area contributed by atoms with Gasteiger partial charge < -0.3 is 14.8 Å². The van der Waals surface area contributed by atoms with Crippen LogP contribution in [0.1, 0.15) is 23.5 Å². The average Bonchev–Trinajstić information content (AvgIpc) is 2.84. The van der Waals surface area contributed by atoms with E-state index in [0.717, 1.165) is 44.7 Å². The summed E-state index contributed by atoms with van der Waals surface area (Å²) >= 11 is 0. The summed E-state index contributed by atoms with van der Waals surface area (Å²) < 4.78 is 5.53. The zero-order valence-electron chi connectivity index (χ0n) is 16.0. The zero-order chi connectivity index (χ0) is 19.7. The first-order valence-corrected chi connectivity index (χ1v) is 9.69. The number of benzene rings is 1. The Labute approximate surface area is 163 Å². The van der Waals surface area contributed by atoms with Gasteiger partial charge in [-0.25, -0.2) is 0 Å². The maximum Gasteiger partial charge on any atom is 0.241 e. The second-order valence-corrected chi connectivity index (χ2v) is 7.51. The number of aromatic hydroxyl groups is 1. The standard InChI is InChI=1S/C21H25N3O4/c1-14-12-18(25)20(26)19(28-14)13-23-8-10-24(11-9-23)17-7-6-15-4-2-3-5-16(15)22-21(17)27/h2-5,12,17,26H,6-11,13H2,1H3,(H,22,27)/t17-/m1/s1. The summed E-state index contributed by atoms with van der Waals surface area (Å²) in [6.45, 7) is 5.09. The Morgan fingerprint density at radius 1 is 1.18 bits per heavy atom. The number of rotatable bonds is 3. The molecule has 1 aromatic carbocycles. The van der Waals surface area contributed by atoms with E-state index < -0.39 is 5.43 Å². The zero-order valence-corrected chi connectivity index (χ0v) is 16.0. The number of carbonyl (C=O) groups is 1. The minimum atomic E-state index is -0.410. The number of aryl methyl sites for hydroxylation is 2. The van der Waals surface area contributed by atoms with Gasteiger partial charge in [-0.2, -0.15) is 0 Å². The Morgan fingerprint density at radius 2 is 1.93 bits per heavy atom. The maximum absolute atomic E-state index is 12.7. The van der Waals surface area contributed by atoms with Gasteiger partial charge in [0.05, 0.1) is 12.6 Å². The highest BCUT2D eigenvalue weighted by atomic mass is 16.4. The molecule has 148 valence electrons. The van der Waals surface area contributed by atoms with Gasteiger partial charge in [0.25, 0.3) is 0 Å². The van der Waals surface area contributed by atoms with Crippen molar-refractivity contribution in [1.82, 2.24) is 9.80 Å². The Hall–Kier alpha value is -2.64. The third-order valence-corrected chi connectivity index (χ3v) is 5.60. The van der Waals surface area contributed by atoms with Gasteiger partial charge in [0.1, 0.15) is 5.76 Å². The number of fused-ring (bicyclic) bond motifs is 1. The highest BCUT2D eigenvalue weighted by molar-refractivity contribution is 5.96. The molecule has 0 saturated carbocycles. The van der Waals surface area contributed by atoms with Gasteiger partial charge in [-0.1, -0.05) is 18.2 Å². The van der Waals surface area contributed by atoms with Crippen LogP contribution in [0.25, 0.3) is 0 Å². The van der Waals surface area contributed by atoms with Crippen molar-refractivity contribution in [2.24, 2.45) is 0 Å². The van der Waals surface area contributed by atoms with Crippen LogP contribution in [0, 0.1) is 6.92 Å². The molecule has 1 amide bonds. The Morgan fingerprint density at radius 3 is 2.71 bits per heavy atom. The van der Waals surface area contributed by atoms with Crippen LogP contribution in [0.15, 0.2) is 39.5 Å². The number of carbonyl (C=O) groups excluding carboxylic acids is 1. The van der Waals surface area contributed by atoms with E-state index in [1.165, 1.54) is 11.6 Å². The van der Waals surface area contributed by atoms with E-state index in [1.807, 2.05) is 18.2 Å². The lowest BCUT2D eigenvalue weighted by atomic mass is 10.0. The summed E-state index contributed by atoms with van der Waals surface area (Å²) in [6.07, 6.45) is 1.68. The SMILES string of the molecule is Cc1cc(=O)c(O)c(CN2CCN([C@@H]3CCc4ccccc4NC3=O)CC2)o1. The molecule has 0 unspecified atom stereocenters. The minimum Gasteiger partial charge on any atom is -0.502 e. The molecule has 2 aliphatic heterocycles. The van der Waals surface area contributed by atoms with E-state index in [2.05, 4.69) is 21.2 Å². The van der Waals surface area contributed by atoms with Crippen LogP contribution in [0.4, 0.5) is 5.69 Å². The first kappa shape index (κ1) is 18.7. The Kier molecular flexibility index (Phi) is 5.19. The molecule has 7 nitrogen and oxygen atoms in total. The molecule has 2 aromatic rings. The van der Waals surface area contributed by atoms with Crippen molar-refractivity contribution >= 4 is 11.6 Å². The predicted molar refractivity (Wildman–Crippen MR) is 105 cm³/mol. The molecule has 1 fully saturated rings. The van der Waals surface area contributed by atoms with E-state index in [9.17, 15) is 14.7 Å². The number of nitrogens with zero attached hydrogens (tertiary/aromatic N) is 2. The highest BCUT2D eigenvalue weighted by Crippen LogP contribution is 2.25. The summed E-state index contributed by atoms with van der Waals surface area (Å²) in [5.74, 6) is 0.543. The summed E-state index contributed by atoms with van der Waals surface area (Å²) in [5.41, 5.74) is 1.69. The van der Waals surface area contributed by atoms with Gasteiger partial charge in [0.2, 0.25) is 17.1 Å². The molecule has 0 radical (unpaired) electrons. The topological polar surface area (TPSA) is 86.0 Å². The number of nitrogens with one attached hydrogen (secondary N) is 1.